The lowest BCUT2D eigenvalue weighted by Gasteiger charge is -2.31. The van der Waals surface area contributed by atoms with E-state index in [1.54, 1.807) is 32.2 Å². The van der Waals surface area contributed by atoms with Gasteiger partial charge in [-0.05, 0) is 49.9 Å². The van der Waals surface area contributed by atoms with E-state index >= 15 is 0 Å². The van der Waals surface area contributed by atoms with Crippen LogP contribution in [0.3, 0.4) is 0 Å². The molecule has 0 fully saturated rings. The van der Waals surface area contributed by atoms with Gasteiger partial charge in [-0.15, -0.1) is 0 Å². The minimum absolute atomic E-state index is 0.0986. The number of anilines is 3. The Labute approximate surface area is 176 Å². The third-order valence-electron chi connectivity index (χ3n) is 5.72. The number of benzene rings is 2. The average Bonchev–Trinajstić information content (AvgIpc) is 2.76. The molecule has 0 spiro atoms. The molecule has 2 aliphatic rings. The molecule has 2 aromatic rings. The second kappa shape index (κ2) is 8.65. The molecule has 2 aromatic carbocycles. The van der Waals surface area contributed by atoms with Gasteiger partial charge >= 0.3 is 0 Å². The van der Waals surface area contributed by atoms with Crippen LogP contribution in [0.4, 0.5) is 17.1 Å². The number of para-hydroxylation sites is 1. The summed E-state index contributed by atoms with van der Waals surface area (Å²) in [5.41, 5.74) is 4.46. The van der Waals surface area contributed by atoms with Crippen molar-refractivity contribution in [2.24, 2.45) is 0 Å². The SMILES string of the molecule is COc1ccc2c(c1)N(CCCNC(=O)c1cccc3c1NC(C)C(=O)N3)CCC2. The molecule has 0 bridgehead atoms. The molecule has 4 rings (SSSR count). The highest BCUT2D eigenvalue weighted by atomic mass is 16.5. The molecule has 0 saturated heterocycles. The zero-order valence-electron chi connectivity index (χ0n) is 17.5. The van der Waals surface area contributed by atoms with Crippen molar-refractivity contribution in [3.05, 3.63) is 47.5 Å². The normalized spacial score (nSPS) is 17.3. The van der Waals surface area contributed by atoms with Crippen LogP contribution in [0.5, 0.6) is 5.75 Å². The fourth-order valence-electron chi connectivity index (χ4n) is 4.08. The van der Waals surface area contributed by atoms with Gasteiger partial charge < -0.3 is 25.6 Å². The lowest BCUT2D eigenvalue weighted by molar-refractivity contribution is -0.116. The number of carbonyl (C=O) groups is 2. The van der Waals surface area contributed by atoms with Crippen LogP contribution < -0.4 is 25.6 Å². The average molecular weight is 409 g/mol. The van der Waals surface area contributed by atoms with Crippen molar-refractivity contribution in [2.45, 2.75) is 32.2 Å². The van der Waals surface area contributed by atoms with Crippen LogP contribution in [0.25, 0.3) is 0 Å². The Kier molecular flexibility index (Phi) is 5.79. The van der Waals surface area contributed by atoms with Crippen LogP contribution in [0.2, 0.25) is 0 Å². The molecule has 2 heterocycles. The lowest BCUT2D eigenvalue weighted by atomic mass is 10.0. The molecule has 30 heavy (non-hydrogen) atoms. The van der Waals surface area contributed by atoms with Crippen molar-refractivity contribution in [1.82, 2.24) is 5.32 Å². The third kappa shape index (κ3) is 4.06. The largest absolute Gasteiger partial charge is 0.497 e. The second-order valence-corrected chi connectivity index (χ2v) is 7.78. The van der Waals surface area contributed by atoms with Crippen molar-refractivity contribution >= 4 is 28.9 Å². The molecule has 0 aromatic heterocycles. The first-order valence-corrected chi connectivity index (χ1v) is 10.5. The first-order valence-electron chi connectivity index (χ1n) is 10.5. The van der Waals surface area contributed by atoms with E-state index in [1.165, 1.54) is 11.3 Å². The number of nitrogens with one attached hydrogen (secondary N) is 3. The number of hydrogen-bond donors (Lipinski definition) is 3. The Hall–Kier alpha value is -3.22. The van der Waals surface area contributed by atoms with E-state index in [-0.39, 0.29) is 17.9 Å². The highest BCUT2D eigenvalue weighted by Crippen LogP contribution is 2.31. The Morgan fingerprint density at radius 1 is 1.30 bits per heavy atom. The molecule has 0 saturated carbocycles. The maximum absolute atomic E-state index is 12.7. The highest BCUT2D eigenvalue weighted by Gasteiger charge is 2.25. The molecule has 1 atom stereocenters. The first-order chi connectivity index (χ1) is 14.6. The molecule has 0 radical (unpaired) electrons. The van der Waals surface area contributed by atoms with E-state index in [4.69, 9.17) is 4.74 Å². The van der Waals surface area contributed by atoms with Gasteiger partial charge in [0.2, 0.25) is 5.91 Å². The summed E-state index contributed by atoms with van der Waals surface area (Å²) >= 11 is 0. The second-order valence-electron chi connectivity index (χ2n) is 7.78. The van der Waals surface area contributed by atoms with Crippen molar-refractivity contribution < 1.29 is 14.3 Å². The van der Waals surface area contributed by atoms with Gasteiger partial charge in [-0.3, -0.25) is 9.59 Å². The zero-order chi connectivity index (χ0) is 21.1. The maximum atomic E-state index is 12.7. The fraction of sp³-hybridized carbons (Fsp3) is 0.391. The monoisotopic (exact) mass is 408 g/mol. The summed E-state index contributed by atoms with van der Waals surface area (Å²) in [4.78, 5) is 27.0. The predicted molar refractivity (Wildman–Crippen MR) is 119 cm³/mol. The van der Waals surface area contributed by atoms with Gasteiger partial charge in [0.1, 0.15) is 11.8 Å². The Balaban J connectivity index is 1.35. The number of ether oxygens (including phenoxy) is 1. The van der Waals surface area contributed by atoms with Crippen molar-refractivity contribution in [3.8, 4) is 5.75 Å². The number of methoxy groups -OCH3 is 1. The molecule has 2 amide bonds. The maximum Gasteiger partial charge on any atom is 0.253 e. The number of nitrogens with zero attached hydrogens (tertiary/aromatic N) is 1. The third-order valence-corrected chi connectivity index (χ3v) is 5.72. The van der Waals surface area contributed by atoms with Gasteiger partial charge in [0, 0.05) is 31.4 Å². The predicted octanol–water partition coefficient (Wildman–Crippen LogP) is 3.02. The summed E-state index contributed by atoms with van der Waals surface area (Å²) in [5.74, 6) is 0.638. The van der Waals surface area contributed by atoms with Gasteiger partial charge in [0.05, 0.1) is 24.0 Å². The number of aryl methyl sites for hydroxylation is 1. The summed E-state index contributed by atoms with van der Waals surface area (Å²) in [6, 6.07) is 11.2. The van der Waals surface area contributed by atoms with E-state index in [9.17, 15) is 9.59 Å². The van der Waals surface area contributed by atoms with Gasteiger partial charge in [-0.1, -0.05) is 12.1 Å². The molecule has 158 valence electrons. The van der Waals surface area contributed by atoms with Gasteiger partial charge in [-0.25, -0.2) is 0 Å². The van der Waals surface area contributed by atoms with E-state index in [0.29, 0.717) is 23.5 Å². The molecule has 2 aliphatic heterocycles. The minimum Gasteiger partial charge on any atom is -0.497 e. The van der Waals surface area contributed by atoms with Crippen LogP contribution in [-0.2, 0) is 11.2 Å². The van der Waals surface area contributed by atoms with Crippen LogP contribution >= 0.6 is 0 Å². The van der Waals surface area contributed by atoms with Gasteiger partial charge in [0.25, 0.3) is 5.91 Å². The standard InChI is InChI=1S/C23H28N4O3/c1-15-22(28)26-19-8-3-7-18(21(19)25-15)23(29)24-11-5-13-27-12-4-6-16-9-10-17(30-2)14-20(16)27/h3,7-10,14-15,25H,4-6,11-13H2,1-2H3,(H,24,29)(H,26,28). The highest BCUT2D eigenvalue weighted by molar-refractivity contribution is 6.09. The zero-order valence-corrected chi connectivity index (χ0v) is 17.5. The topological polar surface area (TPSA) is 82.7 Å². The molecular formula is C23H28N4O3. The molecule has 0 aliphatic carbocycles. The van der Waals surface area contributed by atoms with Crippen LogP contribution in [0.1, 0.15) is 35.7 Å². The molecule has 3 N–H and O–H groups in total. The van der Waals surface area contributed by atoms with Gasteiger partial charge in [-0.2, -0.15) is 0 Å². The number of amides is 2. The van der Waals surface area contributed by atoms with Crippen LogP contribution in [-0.4, -0.2) is 44.6 Å². The smallest absolute Gasteiger partial charge is 0.253 e. The van der Waals surface area contributed by atoms with Crippen molar-refractivity contribution in [1.29, 1.82) is 0 Å². The van der Waals surface area contributed by atoms with Crippen LogP contribution in [0, 0.1) is 0 Å². The fourth-order valence-corrected chi connectivity index (χ4v) is 4.08. The Morgan fingerprint density at radius 3 is 3.00 bits per heavy atom. The van der Waals surface area contributed by atoms with Crippen LogP contribution in [0.15, 0.2) is 36.4 Å². The van der Waals surface area contributed by atoms with E-state index < -0.39 is 0 Å². The van der Waals surface area contributed by atoms with E-state index in [2.05, 4.69) is 33.0 Å². The molecular weight excluding hydrogens is 380 g/mol. The summed E-state index contributed by atoms with van der Waals surface area (Å²) in [6.07, 6.45) is 3.07. The molecule has 7 heteroatoms. The van der Waals surface area contributed by atoms with Gasteiger partial charge in [0.15, 0.2) is 0 Å². The minimum atomic E-state index is -0.373. The summed E-state index contributed by atoms with van der Waals surface area (Å²) < 4.78 is 5.38. The number of carbonyl (C=O) groups excluding carboxylic acids is 2. The van der Waals surface area contributed by atoms with E-state index in [0.717, 1.165) is 38.1 Å². The van der Waals surface area contributed by atoms with E-state index in [1.807, 2.05) is 6.07 Å². The molecule has 1 unspecified atom stereocenters. The number of fused-ring (bicyclic) bond motifs is 2. The van der Waals surface area contributed by atoms with Crippen molar-refractivity contribution in [3.63, 3.8) is 0 Å². The number of hydrogen-bond acceptors (Lipinski definition) is 5. The number of rotatable bonds is 6. The summed E-state index contributed by atoms with van der Waals surface area (Å²) in [5, 5.41) is 8.98. The lowest BCUT2D eigenvalue weighted by Crippen LogP contribution is -2.38. The quantitative estimate of drug-likeness (QED) is 0.640. The van der Waals surface area contributed by atoms with Crippen molar-refractivity contribution in [2.75, 3.05) is 42.3 Å². The summed E-state index contributed by atoms with van der Waals surface area (Å²) in [6.45, 7) is 4.25. The molecule has 7 nitrogen and oxygen atoms in total. The summed E-state index contributed by atoms with van der Waals surface area (Å²) in [7, 11) is 1.69. The first kappa shape index (κ1) is 20.1. The Morgan fingerprint density at radius 2 is 2.17 bits per heavy atom. The Bertz CT molecular complexity index is 959.